The summed E-state index contributed by atoms with van der Waals surface area (Å²) in [6, 6.07) is 13.7. The summed E-state index contributed by atoms with van der Waals surface area (Å²) in [4.78, 5) is 12.2. The zero-order valence-electron chi connectivity index (χ0n) is 14.5. The largest absolute Gasteiger partial charge is 0.497 e. The van der Waals surface area contributed by atoms with Crippen molar-refractivity contribution in [3.05, 3.63) is 65.6 Å². The Balaban J connectivity index is 1.86. The topological polar surface area (TPSA) is 63.8 Å². The number of furan rings is 1. The van der Waals surface area contributed by atoms with Crippen molar-refractivity contribution in [1.29, 1.82) is 0 Å². The number of fused-ring (bicyclic) bond motifs is 1. The first-order chi connectivity index (χ1) is 12.1. The Labute approximate surface area is 146 Å². The van der Waals surface area contributed by atoms with Crippen LogP contribution < -0.4 is 10.2 Å². The van der Waals surface area contributed by atoms with E-state index in [4.69, 9.17) is 9.15 Å². The Morgan fingerprint density at radius 2 is 1.92 bits per heavy atom. The van der Waals surface area contributed by atoms with Gasteiger partial charge in [-0.2, -0.15) is 5.10 Å². The number of aryl methyl sites for hydroxylation is 1. The Morgan fingerprint density at radius 1 is 1.16 bits per heavy atom. The quantitative estimate of drug-likeness (QED) is 0.558. The van der Waals surface area contributed by atoms with Gasteiger partial charge in [0.1, 0.15) is 11.5 Å². The summed E-state index contributed by atoms with van der Waals surface area (Å²) in [6.45, 7) is 3.75. The molecule has 0 spiro atoms. The lowest BCUT2D eigenvalue weighted by Crippen LogP contribution is -2.20. The van der Waals surface area contributed by atoms with E-state index in [1.165, 1.54) is 6.26 Å². The number of hydrazone groups is 1. The number of ether oxygens (including phenoxy) is 1. The molecular weight excluding hydrogens is 316 g/mol. The molecule has 1 amide bonds. The van der Waals surface area contributed by atoms with E-state index in [1.54, 1.807) is 20.1 Å². The molecule has 3 aromatic rings. The van der Waals surface area contributed by atoms with Crippen LogP contribution in [0.1, 0.15) is 35.0 Å². The fourth-order valence-corrected chi connectivity index (χ4v) is 2.68. The minimum absolute atomic E-state index is 0.275. The summed E-state index contributed by atoms with van der Waals surface area (Å²) < 4.78 is 10.4. The molecule has 1 heterocycles. The van der Waals surface area contributed by atoms with Gasteiger partial charge in [-0.1, -0.05) is 25.1 Å². The zero-order chi connectivity index (χ0) is 17.8. The second-order valence-electron chi connectivity index (χ2n) is 5.67. The van der Waals surface area contributed by atoms with Crippen LogP contribution in [0.3, 0.4) is 0 Å². The van der Waals surface area contributed by atoms with Gasteiger partial charge in [-0.05, 0) is 53.9 Å². The summed E-state index contributed by atoms with van der Waals surface area (Å²) in [6.07, 6.45) is 2.19. The SMILES string of the molecule is CC/C(=N/NC(=O)c1ccoc1C)c1ccc2cc(OC)ccc2c1. The highest BCUT2D eigenvalue weighted by atomic mass is 16.5. The summed E-state index contributed by atoms with van der Waals surface area (Å²) in [7, 11) is 1.65. The molecule has 0 atom stereocenters. The predicted molar refractivity (Wildman–Crippen MR) is 98.2 cm³/mol. The molecule has 5 nitrogen and oxygen atoms in total. The van der Waals surface area contributed by atoms with E-state index in [0.29, 0.717) is 17.7 Å². The van der Waals surface area contributed by atoms with E-state index in [0.717, 1.165) is 27.8 Å². The van der Waals surface area contributed by atoms with Crippen LogP contribution in [0.4, 0.5) is 0 Å². The molecule has 5 heteroatoms. The van der Waals surface area contributed by atoms with Crippen LogP contribution >= 0.6 is 0 Å². The standard InChI is InChI=1S/C20H20N2O3/c1-4-19(21-22-20(23)18-9-10-25-13(18)2)16-6-5-15-12-17(24-3)8-7-14(15)11-16/h5-12H,4H2,1-3H3,(H,22,23)/b21-19-. The molecule has 0 fully saturated rings. The first-order valence-corrected chi connectivity index (χ1v) is 8.11. The van der Waals surface area contributed by atoms with E-state index in [9.17, 15) is 4.79 Å². The molecule has 0 radical (unpaired) electrons. The monoisotopic (exact) mass is 336 g/mol. The van der Waals surface area contributed by atoms with Crippen molar-refractivity contribution in [2.24, 2.45) is 5.10 Å². The van der Waals surface area contributed by atoms with Gasteiger partial charge in [-0.25, -0.2) is 5.43 Å². The Morgan fingerprint density at radius 3 is 2.60 bits per heavy atom. The number of carbonyl (C=O) groups excluding carboxylic acids is 1. The van der Waals surface area contributed by atoms with E-state index in [2.05, 4.69) is 16.6 Å². The van der Waals surface area contributed by atoms with Crippen LogP contribution in [-0.4, -0.2) is 18.7 Å². The van der Waals surface area contributed by atoms with E-state index >= 15 is 0 Å². The number of benzene rings is 2. The van der Waals surface area contributed by atoms with Crippen molar-refractivity contribution in [3.8, 4) is 5.75 Å². The van der Waals surface area contributed by atoms with Crippen LogP contribution in [0.5, 0.6) is 5.75 Å². The number of nitrogens with one attached hydrogen (secondary N) is 1. The minimum Gasteiger partial charge on any atom is -0.497 e. The number of carbonyl (C=O) groups is 1. The van der Waals surface area contributed by atoms with Crippen molar-refractivity contribution in [1.82, 2.24) is 5.43 Å². The second kappa shape index (κ2) is 7.21. The molecule has 1 N–H and O–H groups in total. The van der Waals surface area contributed by atoms with Gasteiger partial charge in [0, 0.05) is 0 Å². The molecule has 0 saturated carbocycles. The lowest BCUT2D eigenvalue weighted by atomic mass is 10.0. The van der Waals surface area contributed by atoms with Crippen molar-refractivity contribution in [2.45, 2.75) is 20.3 Å². The molecule has 0 unspecified atom stereocenters. The van der Waals surface area contributed by atoms with Gasteiger partial charge in [-0.15, -0.1) is 0 Å². The van der Waals surface area contributed by atoms with Crippen LogP contribution in [0.15, 0.2) is 58.2 Å². The van der Waals surface area contributed by atoms with Gasteiger partial charge in [0.2, 0.25) is 0 Å². The smallest absolute Gasteiger partial charge is 0.274 e. The van der Waals surface area contributed by atoms with Crippen LogP contribution in [0.25, 0.3) is 10.8 Å². The van der Waals surface area contributed by atoms with Gasteiger partial charge < -0.3 is 9.15 Å². The lowest BCUT2D eigenvalue weighted by molar-refractivity contribution is 0.0953. The third kappa shape index (κ3) is 3.55. The van der Waals surface area contributed by atoms with Gasteiger partial charge in [0.25, 0.3) is 5.91 Å². The van der Waals surface area contributed by atoms with E-state index in [1.807, 2.05) is 37.3 Å². The maximum atomic E-state index is 12.2. The highest BCUT2D eigenvalue weighted by Crippen LogP contribution is 2.22. The number of nitrogens with zero attached hydrogens (tertiary/aromatic N) is 1. The summed E-state index contributed by atoms with van der Waals surface area (Å²) >= 11 is 0. The molecular formula is C20H20N2O3. The number of amides is 1. The highest BCUT2D eigenvalue weighted by molar-refractivity contribution is 6.04. The normalized spacial score (nSPS) is 11.6. The molecule has 0 bridgehead atoms. The van der Waals surface area contributed by atoms with Crippen molar-refractivity contribution < 1.29 is 13.9 Å². The average molecular weight is 336 g/mol. The van der Waals surface area contributed by atoms with E-state index < -0.39 is 0 Å². The zero-order valence-corrected chi connectivity index (χ0v) is 14.5. The van der Waals surface area contributed by atoms with Gasteiger partial charge in [-0.3, -0.25) is 4.79 Å². The molecule has 0 aliphatic carbocycles. The van der Waals surface area contributed by atoms with Crippen LogP contribution in [0, 0.1) is 6.92 Å². The number of methoxy groups -OCH3 is 1. The Bertz CT molecular complexity index is 941. The molecule has 1 aromatic heterocycles. The fourth-order valence-electron chi connectivity index (χ4n) is 2.68. The fraction of sp³-hybridized carbons (Fsp3) is 0.200. The van der Waals surface area contributed by atoms with Gasteiger partial charge in [0.15, 0.2) is 0 Å². The van der Waals surface area contributed by atoms with E-state index in [-0.39, 0.29) is 5.91 Å². The molecule has 0 aliphatic rings. The minimum atomic E-state index is -0.275. The second-order valence-corrected chi connectivity index (χ2v) is 5.67. The maximum absolute atomic E-state index is 12.2. The Hall–Kier alpha value is -3.08. The summed E-state index contributed by atoms with van der Waals surface area (Å²) in [5.41, 5.74) is 4.89. The summed E-state index contributed by atoms with van der Waals surface area (Å²) in [5, 5.41) is 6.49. The first-order valence-electron chi connectivity index (χ1n) is 8.11. The third-order valence-corrected chi connectivity index (χ3v) is 4.11. The van der Waals surface area contributed by atoms with Crippen molar-refractivity contribution >= 4 is 22.4 Å². The van der Waals surface area contributed by atoms with Gasteiger partial charge >= 0.3 is 0 Å². The van der Waals surface area contributed by atoms with Crippen LogP contribution in [0.2, 0.25) is 0 Å². The van der Waals surface area contributed by atoms with Gasteiger partial charge in [0.05, 0.1) is 24.6 Å². The molecule has 0 aliphatic heterocycles. The molecule has 0 saturated heterocycles. The average Bonchev–Trinajstić information content (AvgIpc) is 3.07. The first kappa shape index (κ1) is 16.8. The maximum Gasteiger partial charge on any atom is 0.274 e. The Kier molecular flexibility index (Phi) is 4.84. The predicted octanol–water partition coefficient (Wildman–Crippen LogP) is 4.29. The highest BCUT2D eigenvalue weighted by Gasteiger charge is 2.11. The van der Waals surface area contributed by atoms with Crippen molar-refractivity contribution in [2.75, 3.05) is 7.11 Å². The molecule has 3 rings (SSSR count). The third-order valence-electron chi connectivity index (χ3n) is 4.11. The summed E-state index contributed by atoms with van der Waals surface area (Å²) in [5.74, 6) is 1.13. The number of hydrogen-bond donors (Lipinski definition) is 1. The van der Waals surface area contributed by atoms with Crippen molar-refractivity contribution in [3.63, 3.8) is 0 Å². The van der Waals surface area contributed by atoms with Crippen LogP contribution in [-0.2, 0) is 0 Å². The molecule has 128 valence electrons. The molecule has 25 heavy (non-hydrogen) atoms. The number of rotatable bonds is 5. The number of hydrogen-bond acceptors (Lipinski definition) is 4. The lowest BCUT2D eigenvalue weighted by Gasteiger charge is -2.08. The molecule has 2 aromatic carbocycles.